The molecule has 8 nitrogen and oxygen atoms in total. The molecule has 0 atom stereocenters. The van der Waals surface area contributed by atoms with Crippen LogP contribution < -0.4 is 15.6 Å². The molecule has 0 aliphatic heterocycles. The van der Waals surface area contributed by atoms with Gasteiger partial charge in [0.2, 0.25) is 11.9 Å². The van der Waals surface area contributed by atoms with E-state index in [4.69, 9.17) is 4.74 Å². The summed E-state index contributed by atoms with van der Waals surface area (Å²) in [4.78, 5) is 31.5. The van der Waals surface area contributed by atoms with E-state index in [1.54, 1.807) is 27.0 Å². The van der Waals surface area contributed by atoms with E-state index in [0.29, 0.717) is 35.6 Å². The van der Waals surface area contributed by atoms with Crippen molar-refractivity contribution < 1.29 is 9.53 Å². The maximum atomic E-state index is 12.4. The molecule has 0 unspecified atom stereocenters. The Kier molecular flexibility index (Phi) is 5.58. The Hall–Kier alpha value is -3.42. The number of anilines is 1. The lowest BCUT2D eigenvalue weighted by atomic mass is 10.1. The number of methoxy groups -OCH3 is 1. The molecule has 1 amide bonds. The fraction of sp³-hybridized carbons (Fsp3) is 0.300. The van der Waals surface area contributed by atoms with E-state index in [1.807, 2.05) is 31.2 Å². The Bertz CT molecular complexity index is 1050. The van der Waals surface area contributed by atoms with Gasteiger partial charge < -0.3 is 10.1 Å². The molecule has 0 bridgehead atoms. The molecule has 2 heterocycles. The SMILES string of the molecule is COc1ccc(CCC(=O)Nc2cc(C)nn2-c2nc(C)c(C)c(=O)[nH]2)cc1. The highest BCUT2D eigenvalue weighted by molar-refractivity contribution is 5.90. The van der Waals surface area contributed by atoms with Crippen molar-refractivity contribution in [3.63, 3.8) is 0 Å². The molecule has 1 aromatic carbocycles. The highest BCUT2D eigenvalue weighted by atomic mass is 16.5. The van der Waals surface area contributed by atoms with Crippen molar-refractivity contribution in [2.45, 2.75) is 33.6 Å². The van der Waals surface area contributed by atoms with Gasteiger partial charge in [0.15, 0.2) is 0 Å². The van der Waals surface area contributed by atoms with Crippen LogP contribution in [0.25, 0.3) is 5.95 Å². The van der Waals surface area contributed by atoms with Crippen LogP contribution >= 0.6 is 0 Å². The van der Waals surface area contributed by atoms with Gasteiger partial charge in [-0.15, -0.1) is 0 Å². The van der Waals surface area contributed by atoms with E-state index in [1.165, 1.54) is 4.68 Å². The number of carbonyl (C=O) groups excluding carboxylic acids is 1. The summed E-state index contributed by atoms with van der Waals surface area (Å²) in [6, 6.07) is 9.34. The van der Waals surface area contributed by atoms with Gasteiger partial charge in [0.25, 0.3) is 5.56 Å². The highest BCUT2D eigenvalue weighted by Gasteiger charge is 2.14. The van der Waals surface area contributed by atoms with Crippen molar-refractivity contribution in [3.8, 4) is 11.7 Å². The van der Waals surface area contributed by atoms with E-state index in [9.17, 15) is 9.59 Å². The van der Waals surface area contributed by atoms with Gasteiger partial charge >= 0.3 is 0 Å². The van der Waals surface area contributed by atoms with E-state index in [2.05, 4.69) is 20.4 Å². The summed E-state index contributed by atoms with van der Waals surface area (Å²) in [6.07, 6.45) is 0.912. The van der Waals surface area contributed by atoms with Crippen LogP contribution in [0.5, 0.6) is 5.75 Å². The summed E-state index contributed by atoms with van der Waals surface area (Å²) in [5.41, 5.74) is 2.68. The number of rotatable bonds is 6. The molecule has 8 heteroatoms. The molecule has 0 saturated heterocycles. The third kappa shape index (κ3) is 4.28. The molecular weight excluding hydrogens is 358 g/mol. The molecule has 0 aliphatic carbocycles. The molecule has 3 rings (SSSR count). The van der Waals surface area contributed by atoms with Gasteiger partial charge in [-0.3, -0.25) is 14.6 Å². The number of H-pyrrole nitrogens is 1. The molecule has 146 valence electrons. The van der Waals surface area contributed by atoms with Crippen LogP contribution in [-0.4, -0.2) is 32.8 Å². The minimum Gasteiger partial charge on any atom is -0.497 e. The van der Waals surface area contributed by atoms with Gasteiger partial charge in [-0.05, 0) is 44.9 Å². The molecule has 3 aromatic rings. The lowest BCUT2D eigenvalue weighted by molar-refractivity contribution is -0.116. The van der Waals surface area contributed by atoms with E-state index < -0.39 is 0 Å². The normalized spacial score (nSPS) is 10.7. The Balaban J connectivity index is 1.74. The zero-order valence-corrected chi connectivity index (χ0v) is 16.4. The van der Waals surface area contributed by atoms with Crippen LogP contribution in [0.3, 0.4) is 0 Å². The number of hydrogen-bond donors (Lipinski definition) is 2. The Morgan fingerprint density at radius 3 is 2.57 bits per heavy atom. The van der Waals surface area contributed by atoms with Gasteiger partial charge in [0.1, 0.15) is 11.6 Å². The summed E-state index contributed by atoms with van der Waals surface area (Å²) in [7, 11) is 1.62. The van der Waals surface area contributed by atoms with E-state index >= 15 is 0 Å². The monoisotopic (exact) mass is 381 g/mol. The number of aryl methyl sites for hydroxylation is 3. The topological polar surface area (TPSA) is 102 Å². The van der Waals surface area contributed by atoms with Crippen molar-refractivity contribution in [2.75, 3.05) is 12.4 Å². The number of benzene rings is 1. The predicted octanol–water partition coefficient (Wildman–Crippen LogP) is 2.46. The van der Waals surface area contributed by atoms with Crippen LogP contribution in [0, 0.1) is 20.8 Å². The molecule has 0 fully saturated rings. The largest absolute Gasteiger partial charge is 0.497 e. The van der Waals surface area contributed by atoms with Gasteiger partial charge in [-0.1, -0.05) is 12.1 Å². The van der Waals surface area contributed by atoms with Crippen molar-refractivity contribution >= 4 is 11.7 Å². The van der Waals surface area contributed by atoms with Crippen molar-refractivity contribution in [1.29, 1.82) is 0 Å². The third-order valence-electron chi connectivity index (χ3n) is 4.48. The number of amides is 1. The number of nitrogens with zero attached hydrogens (tertiary/aromatic N) is 3. The Labute approximate surface area is 162 Å². The minimum atomic E-state index is -0.229. The smallest absolute Gasteiger partial charge is 0.255 e. The van der Waals surface area contributed by atoms with Crippen LogP contribution in [0.15, 0.2) is 35.1 Å². The lowest BCUT2D eigenvalue weighted by Crippen LogP contribution is -2.21. The first-order chi connectivity index (χ1) is 13.4. The summed E-state index contributed by atoms with van der Waals surface area (Å²) in [5.74, 6) is 1.36. The van der Waals surface area contributed by atoms with Crippen LogP contribution in [-0.2, 0) is 11.2 Å². The van der Waals surface area contributed by atoms with E-state index in [0.717, 1.165) is 11.3 Å². The molecule has 28 heavy (non-hydrogen) atoms. The van der Waals surface area contributed by atoms with Gasteiger partial charge in [-0.2, -0.15) is 9.78 Å². The maximum absolute atomic E-state index is 12.4. The van der Waals surface area contributed by atoms with Gasteiger partial charge in [0, 0.05) is 23.7 Å². The fourth-order valence-electron chi connectivity index (χ4n) is 2.74. The number of aromatic nitrogens is 4. The second-order valence-electron chi connectivity index (χ2n) is 6.58. The van der Waals surface area contributed by atoms with Crippen molar-refractivity contribution in [1.82, 2.24) is 19.7 Å². The summed E-state index contributed by atoms with van der Waals surface area (Å²) in [5, 5.41) is 7.19. The molecule has 2 N–H and O–H groups in total. The minimum absolute atomic E-state index is 0.150. The number of carbonyl (C=O) groups is 1. The molecule has 0 aliphatic rings. The lowest BCUT2D eigenvalue weighted by Gasteiger charge is -2.09. The first-order valence-electron chi connectivity index (χ1n) is 8.94. The molecule has 0 saturated carbocycles. The Morgan fingerprint density at radius 1 is 1.21 bits per heavy atom. The number of aromatic amines is 1. The average molecular weight is 381 g/mol. The van der Waals surface area contributed by atoms with Crippen LogP contribution in [0.4, 0.5) is 5.82 Å². The van der Waals surface area contributed by atoms with Crippen molar-refractivity contribution in [2.24, 2.45) is 0 Å². The summed E-state index contributed by atoms with van der Waals surface area (Å²) >= 11 is 0. The zero-order valence-electron chi connectivity index (χ0n) is 16.4. The first kappa shape index (κ1) is 19.3. The quantitative estimate of drug-likeness (QED) is 0.683. The summed E-state index contributed by atoms with van der Waals surface area (Å²) < 4.78 is 6.57. The van der Waals surface area contributed by atoms with Gasteiger partial charge in [-0.25, -0.2) is 4.98 Å². The molecule has 0 radical (unpaired) electrons. The zero-order chi connectivity index (χ0) is 20.3. The first-order valence-corrected chi connectivity index (χ1v) is 8.94. The van der Waals surface area contributed by atoms with Crippen LogP contribution in [0.1, 0.15) is 28.9 Å². The number of ether oxygens (including phenoxy) is 1. The summed E-state index contributed by atoms with van der Waals surface area (Å²) in [6.45, 7) is 5.28. The predicted molar refractivity (Wildman–Crippen MR) is 106 cm³/mol. The van der Waals surface area contributed by atoms with Crippen LogP contribution in [0.2, 0.25) is 0 Å². The second kappa shape index (κ2) is 8.08. The molecule has 0 spiro atoms. The van der Waals surface area contributed by atoms with Crippen molar-refractivity contribution in [3.05, 3.63) is 63.2 Å². The standard InChI is InChI=1S/C20H23N5O3/c1-12-11-17(25(24-12)20-21-14(3)13(2)19(27)23-20)22-18(26)10-7-15-5-8-16(28-4)9-6-15/h5-6,8-9,11H,7,10H2,1-4H3,(H,22,26)(H,21,23,27). The molecule has 2 aromatic heterocycles. The average Bonchev–Trinajstić information content (AvgIpc) is 3.04. The highest BCUT2D eigenvalue weighted by Crippen LogP contribution is 2.16. The Morgan fingerprint density at radius 2 is 1.93 bits per heavy atom. The third-order valence-corrected chi connectivity index (χ3v) is 4.48. The van der Waals surface area contributed by atoms with E-state index in [-0.39, 0.29) is 17.4 Å². The van der Waals surface area contributed by atoms with Gasteiger partial charge in [0.05, 0.1) is 12.8 Å². The number of hydrogen-bond acceptors (Lipinski definition) is 5. The molecular formula is C20H23N5O3. The maximum Gasteiger partial charge on any atom is 0.255 e. The second-order valence-corrected chi connectivity index (χ2v) is 6.58. The number of nitrogens with one attached hydrogen (secondary N) is 2. The fourth-order valence-corrected chi connectivity index (χ4v) is 2.74.